The summed E-state index contributed by atoms with van der Waals surface area (Å²) in [7, 11) is 0. The molecule has 2 rings (SSSR count). The van der Waals surface area contributed by atoms with Crippen molar-refractivity contribution in [1.29, 1.82) is 0 Å². The molecule has 2 aromatic rings. The fourth-order valence-electron chi connectivity index (χ4n) is 2.39. The molecule has 0 spiro atoms. The Morgan fingerprint density at radius 3 is 2.42 bits per heavy atom. The summed E-state index contributed by atoms with van der Waals surface area (Å²) < 4.78 is 13.9. The molecule has 0 saturated heterocycles. The minimum Gasteiger partial charge on any atom is -0.388 e. The highest BCUT2D eigenvalue weighted by Gasteiger charge is 2.11. The summed E-state index contributed by atoms with van der Waals surface area (Å²) >= 11 is 0. The molecule has 2 aromatic carbocycles. The molecule has 0 radical (unpaired) electrons. The second-order valence-corrected chi connectivity index (χ2v) is 5.01. The van der Waals surface area contributed by atoms with Gasteiger partial charge in [0.2, 0.25) is 0 Å². The minimum atomic E-state index is -0.540. The molecule has 0 bridgehead atoms. The van der Waals surface area contributed by atoms with Crippen molar-refractivity contribution in [1.82, 2.24) is 0 Å². The molecular formula is C17H19FO. The second-order valence-electron chi connectivity index (χ2n) is 5.01. The van der Waals surface area contributed by atoms with Gasteiger partial charge in [-0.15, -0.1) is 0 Å². The van der Waals surface area contributed by atoms with Gasteiger partial charge in [-0.1, -0.05) is 36.4 Å². The first kappa shape index (κ1) is 13.8. The summed E-state index contributed by atoms with van der Waals surface area (Å²) in [6.07, 6.45) is 0.542. The number of halogens is 1. The largest absolute Gasteiger partial charge is 0.388 e. The van der Waals surface area contributed by atoms with Gasteiger partial charge in [0.1, 0.15) is 5.82 Å². The van der Waals surface area contributed by atoms with Crippen molar-refractivity contribution >= 4 is 0 Å². The first-order chi connectivity index (χ1) is 9.08. The first-order valence-corrected chi connectivity index (χ1v) is 6.56. The highest BCUT2D eigenvalue weighted by atomic mass is 19.1. The van der Waals surface area contributed by atoms with Crippen LogP contribution in [0.2, 0.25) is 0 Å². The number of aliphatic hydroxyl groups is 1. The predicted octanol–water partition coefficient (Wildman–Crippen LogP) is 4.11. The number of aliphatic hydroxyl groups excluding tert-OH is 1. The van der Waals surface area contributed by atoms with Gasteiger partial charge >= 0.3 is 0 Å². The van der Waals surface area contributed by atoms with Crippen LogP contribution in [0.25, 0.3) is 0 Å². The molecule has 100 valence electrons. The molecule has 0 fully saturated rings. The molecule has 1 nitrogen and oxygen atoms in total. The molecule has 1 N–H and O–H groups in total. The van der Waals surface area contributed by atoms with Gasteiger partial charge in [0.25, 0.3) is 0 Å². The van der Waals surface area contributed by atoms with Gasteiger partial charge in [0, 0.05) is 0 Å². The molecule has 0 aromatic heterocycles. The van der Waals surface area contributed by atoms with Crippen LogP contribution in [0.3, 0.4) is 0 Å². The highest BCUT2D eigenvalue weighted by molar-refractivity contribution is 5.32. The standard InChI is InChI=1S/C17H19FO/c1-12-10-13(2)15(16(18)11-12)8-9-17(19)14-6-4-3-5-7-14/h3-7,10-11,17,19H,8-9H2,1-2H3. The third kappa shape index (κ3) is 3.42. The zero-order valence-electron chi connectivity index (χ0n) is 11.4. The fourth-order valence-corrected chi connectivity index (χ4v) is 2.39. The van der Waals surface area contributed by atoms with E-state index in [0.29, 0.717) is 18.4 Å². The van der Waals surface area contributed by atoms with Crippen LogP contribution in [-0.4, -0.2) is 5.11 Å². The van der Waals surface area contributed by atoms with E-state index in [9.17, 15) is 9.50 Å². The van der Waals surface area contributed by atoms with Crippen molar-refractivity contribution in [2.75, 3.05) is 0 Å². The van der Waals surface area contributed by atoms with Crippen molar-refractivity contribution < 1.29 is 9.50 Å². The van der Waals surface area contributed by atoms with Crippen molar-refractivity contribution in [2.24, 2.45) is 0 Å². The van der Waals surface area contributed by atoms with Crippen LogP contribution < -0.4 is 0 Å². The summed E-state index contributed by atoms with van der Waals surface area (Å²) in [6.45, 7) is 3.80. The lowest BCUT2D eigenvalue weighted by Gasteiger charge is -2.13. The van der Waals surface area contributed by atoms with Crippen LogP contribution in [0.5, 0.6) is 0 Å². The van der Waals surface area contributed by atoms with Gasteiger partial charge in [-0.25, -0.2) is 4.39 Å². The van der Waals surface area contributed by atoms with Crippen LogP contribution >= 0.6 is 0 Å². The lowest BCUT2D eigenvalue weighted by molar-refractivity contribution is 0.167. The summed E-state index contributed by atoms with van der Waals surface area (Å²) in [5.41, 5.74) is 3.48. The van der Waals surface area contributed by atoms with E-state index in [1.165, 1.54) is 0 Å². The zero-order chi connectivity index (χ0) is 13.8. The molecule has 19 heavy (non-hydrogen) atoms. The van der Waals surface area contributed by atoms with Gasteiger partial charge in [-0.3, -0.25) is 0 Å². The Hall–Kier alpha value is -1.67. The third-order valence-electron chi connectivity index (χ3n) is 3.41. The molecule has 0 heterocycles. The van der Waals surface area contributed by atoms with Gasteiger partial charge in [0.15, 0.2) is 0 Å². The Morgan fingerprint density at radius 1 is 1.11 bits per heavy atom. The van der Waals surface area contributed by atoms with E-state index in [4.69, 9.17) is 0 Å². The van der Waals surface area contributed by atoms with Crippen molar-refractivity contribution in [3.8, 4) is 0 Å². The summed E-state index contributed by atoms with van der Waals surface area (Å²) in [5, 5.41) is 10.1. The summed E-state index contributed by atoms with van der Waals surface area (Å²) in [5.74, 6) is -0.169. The number of rotatable bonds is 4. The van der Waals surface area contributed by atoms with Gasteiger partial charge in [0.05, 0.1) is 6.10 Å². The SMILES string of the molecule is Cc1cc(C)c(CCC(O)c2ccccc2)c(F)c1. The number of aryl methyl sites for hydroxylation is 2. The Balaban J connectivity index is 2.07. The van der Waals surface area contributed by atoms with Crippen molar-refractivity contribution in [3.05, 3.63) is 70.5 Å². The van der Waals surface area contributed by atoms with Crippen molar-refractivity contribution in [2.45, 2.75) is 32.8 Å². The number of benzene rings is 2. The van der Waals surface area contributed by atoms with Crippen LogP contribution in [0, 0.1) is 19.7 Å². The van der Waals surface area contributed by atoms with Crippen LogP contribution in [-0.2, 0) is 6.42 Å². The fraction of sp³-hybridized carbons (Fsp3) is 0.294. The van der Waals surface area contributed by atoms with Crippen LogP contribution in [0.1, 0.15) is 34.8 Å². The highest BCUT2D eigenvalue weighted by Crippen LogP contribution is 2.22. The average molecular weight is 258 g/mol. The predicted molar refractivity (Wildman–Crippen MR) is 75.6 cm³/mol. The van der Waals surface area contributed by atoms with E-state index < -0.39 is 6.10 Å². The topological polar surface area (TPSA) is 20.2 Å². The lowest BCUT2D eigenvalue weighted by atomic mass is 9.97. The second kappa shape index (κ2) is 5.98. The molecule has 0 amide bonds. The van der Waals surface area contributed by atoms with E-state index in [1.54, 1.807) is 6.07 Å². The maximum Gasteiger partial charge on any atom is 0.126 e. The molecule has 0 aliphatic heterocycles. The monoisotopic (exact) mass is 258 g/mol. The van der Waals surface area contributed by atoms with Crippen LogP contribution in [0.15, 0.2) is 42.5 Å². The number of hydrogen-bond acceptors (Lipinski definition) is 1. The number of hydrogen-bond donors (Lipinski definition) is 1. The van der Waals surface area contributed by atoms with Crippen LogP contribution in [0.4, 0.5) is 4.39 Å². The summed E-state index contributed by atoms with van der Waals surface area (Å²) in [6, 6.07) is 13.0. The quantitative estimate of drug-likeness (QED) is 0.875. The van der Waals surface area contributed by atoms with E-state index in [1.807, 2.05) is 50.2 Å². The average Bonchev–Trinajstić information content (AvgIpc) is 2.38. The van der Waals surface area contributed by atoms with Gasteiger partial charge in [-0.05, 0) is 55.0 Å². The Morgan fingerprint density at radius 2 is 1.79 bits per heavy atom. The molecular weight excluding hydrogens is 239 g/mol. The third-order valence-corrected chi connectivity index (χ3v) is 3.41. The Bertz CT molecular complexity index is 525. The maximum absolute atomic E-state index is 13.9. The molecule has 0 aliphatic rings. The first-order valence-electron chi connectivity index (χ1n) is 6.56. The lowest BCUT2D eigenvalue weighted by Crippen LogP contribution is -2.02. The van der Waals surface area contributed by atoms with Crippen molar-refractivity contribution in [3.63, 3.8) is 0 Å². The Kier molecular flexibility index (Phi) is 4.33. The molecule has 1 unspecified atom stereocenters. The van der Waals surface area contributed by atoms with Gasteiger partial charge < -0.3 is 5.11 Å². The molecule has 2 heteroatoms. The maximum atomic E-state index is 13.9. The minimum absolute atomic E-state index is 0.169. The smallest absolute Gasteiger partial charge is 0.126 e. The Labute approximate surface area is 113 Å². The normalized spacial score (nSPS) is 12.4. The van der Waals surface area contributed by atoms with E-state index in [0.717, 1.165) is 16.7 Å². The molecule has 1 atom stereocenters. The van der Waals surface area contributed by atoms with Gasteiger partial charge in [-0.2, -0.15) is 0 Å². The zero-order valence-corrected chi connectivity index (χ0v) is 11.4. The van der Waals surface area contributed by atoms with E-state index in [2.05, 4.69) is 0 Å². The molecule has 0 saturated carbocycles. The van der Waals surface area contributed by atoms with E-state index in [-0.39, 0.29) is 5.82 Å². The summed E-state index contributed by atoms with van der Waals surface area (Å²) in [4.78, 5) is 0. The van der Waals surface area contributed by atoms with E-state index >= 15 is 0 Å². The molecule has 0 aliphatic carbocycles.